The zero-order valence-electron chi connectivity index (χ0n) is 8.79. The third kappa shape index (κ3) is 1.40. The van der Waals surface area contributed by atoms with Crippen LogP contribution in [0.4, 0.5) is 0 Å². The number of nitrogens with one attached hydrogen (secondary N) is 1. The summed E-state index contributed by atoms with van der Waals surface area (Å²) in [5.74, 6) is -0.0303. The molecule has 5 nitrogen and oxygen atoms in total. The van der Waals surface area contributed by atoms with Crippen LogP contribution in [0.5, 0.6) is 5.88 Å². The van der Waals surface area contributed by atoms with E-state index in [2.05, 4.69) is 9.97 Å². The predicted octanol–water partition coefficient (Wildman–Crippen LogP) is 1.40. The Morgan fingerprint density at radius 1 is 1.24 bits per heavy atom. The Kier molecular flexibility index (Phi) is 1.98. The van der Waals surface area contributed by atoms with Crippen molar-refractivity contribution in [2.24, 2.45) is 0 Å². The number of imidazole rings is 1. The molecule has 0 amide bonds. The largest absolute Gasteiger partial charge is 0.493 e. The number of rotatable bonds is 1. The van der Waals surface area contributed by atoms with E-state index in [1.165, 1.54) is 10.6 Å². The lowest BCUT2D eigenvalue weighted by molar-refractivity contribution is 0.450. The van der Waals surface area contributed by atoms with Crippen LogP contribution in [-0.4, -0.2) is 19.5 Å². The summed E-state index contributed by atoms with van der Waals surface area (Å²) in [5, 5.41) is 10.0. The molecule has 84 valence electrons. The number of benzene rings is 1. The predicted molar refractivity (Wildman–Crippen MR) is 62.9 cm³/mol. The number of aromatic nitrogens is 3. The average Bonchev–Trinajstić information content (AvgIpc) is 2.70. The SMILES string of the molecule is O=c1[nH]ccn2c(O)c(-c3ccccc3)nc12. The Morgan fingerprint density at radius 2 is 2.00 bits per heavy atom. The lowest BCUT2D eigenvalue weighted by Crippen LogP contribution is -2.08. The molecule has 0 fully saturated rings. The molecule has 0 spiro atoms. The number of nitrogens with zero attached hydrogens (tertiary/aromatic N) is 2. The maximum Gasteiger partial charge on any atom is 0.291 e. The molecule has 0 bridgehead atoms. The summed E-state index contributed by atoms with van der Waals surface area (Å²) in [5.41, 5.74) is 1.03. The first-order chi connectivity index (χ1) is 8.27. The third-order valence-electron chi connectivity index (χ3n) is 2.57. The van der Waals surface area contributed by atoms with E-state index < -0.39 is 0 Å². The highest BCUT2D eigenvalue weighted by atomic mass is 16.3. The van der Waals surface area contributed by atoms with Crippen LogP contribution in [0, 0.1) is 0 Å². The maximum absolute atomic E-state index is 11.5. The highest BCUT2D eigenvalue weighted by Crippen LogP contribution is 2.27. The molecular formula is C12H9N3O2. The molecule has 17 heavy (non-hydrogen) atoms. The van der Waals surface area contributed by atoms with E-state index in [4.69, 9.17) is 0 Å². The van der Waals surface area contributed by atoms with Gasteiger partial charge in [0.15, 0.2) is 0 Å². The normalized spacial score (nSPS) is 10.8. The fourth-order valence-corrected chi connectivity index (χ4v) is 1.77. The minimum Gasteiger partial charge on any atom is -0.493 e. The molecule has 0 unspecified atom stereocenters. The number of H-pyrrole nitrogens is 1. The molecule has 1 aromatic carbocycles. The molecule has 5 heteroatoms. The molecule has 2 aromatic heterocycles. The van der Waals surface area contributed by atoms with Crippen molar-refractivity contribution < 1.29 is 5.11 Å². The second kappa shape index (κ2) is 3.48. The second-order valence-corrected chi connectivity index (χ2v) is 3.63. The number of hydrogen-bond donors (Lipinski definition) is 2. The van der Waals surface area contributed by atoms with Gasteiger partial charge < -0.3 is 10.1 Å². The summed E-state index contributed by atoms with van der Waals surface area (Å²) < 4.78 is 1.36. The summed E-state index contributed by atoms with van der Waals surface area (Å²) in [4.78, 5) is 18.2. The number of hydrogen-bond acceptors (Lipinski definition) is 3. The summed E-state index contributed by atoms with van der Waals surface area (Å²) in [6, 6.07) is 9.24. The maximum atomic E-state index is 11.5. The van der Waals surface area contributed by atoms with Gasteiger partial charge in [0.05, 0.1) is 0 Å². The zero-order valence-corrected chi connectivity index (χ0v) is 8.79. The first kappa shape index (κ1) is 9.65. The van der Waals surface area contributed by atoms with Crippen molar-refractivity contribution in [2.75, 3.05) is 0 Å². The molecule has 2 heterocycles. The Hall–Kier alpha value is -2.56. The molecule has 0 saturated heterocycles. The number of aromatic amines is 1. The Morgan fingerprint density at radius 3 is 2.71 bits per heavy atom. The second-order valence-electron chi connectivity index (χ2n) is 3.63. The number of fused-ring (bicyclic) bond motifs is 1. The minimum atomic E-state index is -0.329. The van der Waals surface area contributed by atoms with Crippen molar-refractivity contribution >= 4 is 5.65 Å². The van der Waals surface area contributed by atoms with E-state index >= 15 is 0 Å². The van der Waals surface area contributed by atoms with E-state index in [1.807, 2.05) is 30.3 Å². The Balaban J connectivity index is 2.36. The molecule has 3 aromatic rings. The zero-order chi connectivity index (χ0) is 11.8. The van der Waals surface area contributed by atoms with Crippen LogP contribution in [0.2, 0.25) is 0 Å². The average molecular weight is 227 g/mol. The van der Waals surface area contributed by atoms with Gasteiger partial charge in [0.2, 0.25) is 11.5 Å². The van der Waals surface area contributed by atoms with E-state index in [9.17, 15) is 9.90 Å². The molecule has 0 saturated carbocycles. The molecule has 0 radical (unpaired) electrons. The smallest absolute Gasteiger partial charge is 0.291 e. The fourth-order valence-electron chi connectivity index (χ4n) is 1.77. The van der Waals surface area contributed by atoms with Gasteiger partial charge in [-0.05, 0) is 0 Å². The Bertz CT molecular complexity index is 728. The third-order valence-corrected chi connectivity index (χ3v) is 2.57. The molecule has 0 atom stereocenters. The molecule has 2 N–H and O–H groups in total. The van der Waals surface area contributed by atoms with Crippen LogP contribution >= 0.6 is 0 Å². The quantitative estimate of drug-likeness (QED) is 0.660. The molecular weight excluding hydrogens is 218 g/mol. The molecule has 3 rings (SSSR count). The van der Waals surface area contributed by atoms with E-state index in [1.54, 1.807) is 6.20 Å². The first-order valence-electron chi connectivity index (χ1n) is 5.11. The highest BCUT2D eigenvalue weighted by Gasteiger charge is 2.14. The van der Waals surface area contributed by atoms with Crippen LogP contribution in [0.15, 0.2) is 47.5 Å². The van der Waals surface area contributed by atoms with Gasteiger partial charge in [0.1, 0.15) is 5.69 Å². The van der Waals surface area contributed by atoms with Crippen molar-refractivity contribution in [2.45, 2.75) is 0 Å². The lowest BCUT2D eigenvalue weighted by Gasteiger charge is -1.96. The van der Waals surface area contributed by atoms with E-state index in [-0.39, 0.29) is 17.1 Å². The van der Waals surface area contributed by atoms with Crippen molar-refractivity contribution in [1.82, 2.24) is 14.4 Å². The standard InChI is InChI=1S/C12H9N3O2/c16-11-10-14-9(8-4-2-1-3-5-8)12(17)15(10)7-6-13-11/h1-7,17H,(H,13,16). The lowest BCUT2D eigenvalue weighted by atomic mass is 10.2. The summed E-state index contributed by atoms with van der Waals surface area (Å²) in [6.07, 6.45) is 3.02. The molecule has 0 aliphatic carbocycles. The van der Waals surface area contributed by atoms with Crippen LogP contribution in [0.3, 0.4) is 0 Å². The monoisotopic (exact) mass is 227 g/mol. The van der Waals surface area contributed by atoms with Crippen molar-refractivity contribution in [3.63, 3.8) is 0 Å². The summed E-state index contributed by atoms with van der Waals surface area (Å²) in [6.45, 7) is 0. The van der Waals surface area contributed by atoms with Gasteiger partial charge in [0, 0.05) is 18.0 Å². The first-order valence-corrected chi connectivity index (χ1v) is 5.11. The van der Waals surface area contributed by atoms with Gasteiger partial charge in [0.25, 0.3) is 5.56 Å². The van der Waals surface area contributed by atoms with Crippen molar-refractivity contribution in [3.8, 4) is 17.1 Å². The Labute approximate surface area is 96.0 Å². The van der Waals surface area contributed by atoms with Crippen LogP contribution < -0.4 is 5.56 Å². The number of aromatic hydroxyl groups is 1. The van der Waals surface area contributed by atoms with Crippen molar-refractivity contribution in [3.05, 3.63) is 53.1 Å². The van der Waals surface area contributed by atoms with Gasteiger partial charge in [-0.25, -0.2) is 4.98 Å². The van der Waals surface area contributed by atoms with E-state index in [0.717, 1.165) is 5.56 Å². The molecule has 0 aliphatic rings. The van der Waals surface area contributed by atoms with Gasteiger partial charge in [-0.1, -0.05) is 30.3 Å². The summed E-state index contributed by atoms with van der Waals surface area (Å²) >= 11 is 0. The molecule has 0 aliphatic heterocycles. The van der Waals surface area contributed by atoms with Crippen LogP contribution in [0.25, 0.3) is 16.9 Å². The van der Waals surface area contributed by atoms with Gasteiger partial charge >= 0.3 is 0 Å². The van der Waals surface area contributed by atoms with Gasteiger partial charge in [-0.2, -0.15) is 0 Å². The fraction of sp³-hybridized carbons (Fsp3) is 0. The minimum absolute atomic E-state index is 0.0303. The van der Waals surface area contributed by atoms with Crippen LogP contribution in [0.1, 0.15) is 0 Å². The summed E-state index contributed by atoms with van der Waals surface area (Å²) in [7, 11) is 0. The van der Waals surface area contributed by atoms with Crippen molar-refractivity contribution in [1.29, 1.82) is 0 Å². The highest BCUT2D eigenvalue weighted by molar-refractivity contribution is 5.68. The van der Waals surface area contributed by atoms with Crippen LogP contribution in [-0.2, 0) is 0 Å². The van der Waals surface area contributed by atoms with Gasteiger partial charge in [-0.15, -0.1) is 0 Å². The topological polar surface area (TPSA) is 70.4 Å². The van der Waals surface area contributed by atoms with E-state index in [0.29, 0.717) is 5.69 Å². The van der Waals surface area contributed by atoms with Gasteiger partial charge in [-0.3, -0.25) is 9.20 Å².